The van der Waals surface area contributed by atoms with Gasteiger partial charge in [0.15, 0.2) is 0 Å². The minimum atomic E-state index is -1.03. The van der Waals surface area contributed by atoms with Crippen LogP contribution in [0.4, 0.5) is 0 Å². The van der Waals surface area contributed by atoms with Gasteiger partial charge in [-0.1, -0.05) is 20.8 Å². The number of hydrogen-bond donors (Lipinski definition) is 1. The lowest BCUT2D eigenvalue weighted by Gasteiger charge is -2.31. The van der Waals surface area contributed by atoms with Crippen molar-refractivity contribution < 1.29 is 19.4 Å². The monoisotopic (exact) mass is 300 g/mol. The molecule has 122 valence electrons. The molecule has 1 aliphatic heterocycles. The number of carboxylic acids is 1. The average molecular weight is 300 g/mol. The van der Waals surface area contributed by atoms with Crippen molar-refractivity contribution >= 4 is 11.9 Å². The van der Waals surface area contributed by atoms with E-state index >= 15 is 0 Å². The summed E-state index contributed by atoms with van der Waals surface area (Å²) in [5.74, 6) is -2.28. The Labute approximate surface area is 127 Å². The van der Waals surface area contributed by atoms with Gasteiger partial charge in [0.25, 0.3) is 0 Å². The zero-order valence-electron chi connectivity index (χ0n) is 13.6. The van der Waals surface area contributed by atoms with Gasteiger partial charge in [-0.25, -0.2) is 0 Å². The summed E-state index contributed by atoms with van der Waals surface area (Å²) in [5, 5.41) is 9.37. The molecule has 1 fully saturated rings. The van der Waals surface area contributed by atoms with E-state index in [1.807, 2.05) is 0 Å². The quantitative estimate of drug-likeness (QED) is 0.764. The Kier molecular flexibility index (Phi) is 6.61. The molecular weight excluding hydrogens is 272 g/mol. The molecule has 0 aromatic heterocycles. The molecular formula is C15H28N2O4. The van der Waals surface area contributed by atoms with E-state index < -0.39 is 17.3 Å². The molecule has 21 heavy (non-hydrogen) atoms. The number of ether oxygens (including phenoxy) is 1. The van der Waals surface area contributed by atoms with E-state index in [0.29, 0.717) is 19.7 Å². The molecule has 0 radical (unpaired) electrons. The molecule has 1 rings (SSSR count). The van der Waals surface area contributed by atoms with E-state index in [1.54, 1.807) is 32.8 Å². The van der Waals surface area contributed by atoms with E-state index in [4.69, 9.17) is 4.74 Å². The molecule has 0 spiro atoms. The molecule has 0 saturated carbocycles. The number of methoxy groups -OCH3 is 1. The van der Waals surface area contributed by atoms with Gasteiger partial charge in [0.2, 0.25) is 5.91 Å². The summed E-state index contributed by atoms with van der Waals surface area (Å²) in [4.78, 5) is 28.0. The van der Waals surface area contributed by atoms with Crippen LogP contribution in [0.25, 0.3) is 0 Å². The van der Waals surface area contributed by atoms with Crippen molar-refractivity contribution in [2.75, 3.05) is 46.4 Å². The lowest BCUT2D eigenvalue weighted by molar-refractivity contribution is -0.156. The first-order valence-electron chi connectivity index (χ1n) is 7.50. The van der Waals surface area contributed by atoms with Crippen molar-refractivity contribution in [1.29, 1.82) is 0 Å². The maximum absolute atomic E-state index is 12.6. The van der Waals surface area contributed by atoms with Crippen molar-refractivity contribution in [3.63, 3.8) is 0 Å². The summed E-state index contributed by atoms with van der Waals surface area (Å²) in [7, 11) is 1.68. The third kappa shape index (κ3) is 5.28. The van der Waals surface area contributed by atoms with Gasteiger partial charge in [0.1, 0.15) is 5.92 Å². The van der Waals surface area contributed by atoms with Crippen molar-refractivity contribution in [3.8, 4) is 0 Å². The maximum atomic E-state index is 12.6. The minimum Gasteiger partial charge on any atom is -0.481 e. The van der Waals surface area contributed by atoms with E-state index in [2.05, 4.69) is 4.90 Å². The molecule has 1 saturated heterocycles. The summed E-state index contributed by atoms with van der Waals surface area (Å²) in [6.45, 7) is 9.82. The van der Waals surface area contributed by atoms with Crippen molar-refractivity contribution in [2.24, 2.45) is 11.3 Å². The van der Waals surface area contributed by atoms with E-state index in [0.717, 1.165) is 26.1 Å². The zero-order valence-corrected chi connectivity index (χ0v) is 13.6. The average Bonchev–Trinajstić information content (AvgIpc) is 2.59. The summed E-state index contributed by atoms with van der Waals surface area (Å²) >= 11 is 0. The molecule has 1 unspecified atom stereocenters. The number of carboxylic acid groups (broad SMARTS) is 1. The molecule has 0 aromatic carbocycles. The van der Waals surface area contributed by atoms with Crippen molar-refractivity contribution in [1.82, 2.24) is 9.80 Å². The van der Waals surface area contributed by atoms with Gasteiger partial charge in [-0.05, 0) is 18.4 Å². The number of carbonyl (C=O) groups excluding carboxylic acids is 1. The van der Waals surface area contributed by atoms with Gasteiger partial charge in [-0.3, -0.25) is 14.5 Å². The van der Waals surface area contributed by atoms with Crippen LogP contribution in [-0.4, -0.2) is 73.2 Å². The molecule has 1 atom stereocenters. The van der Waals surface area contributed by atoms with Gasteiger partial charge in [-0.2, -0.15) is 0 Å². The molecule has 0 aromatic rings. The summed E-state index contributed by atoms with van der Waals surface area (Å²) in [6, 6.07) is 0. The second-order valence-corrected chi connectivity index (χ2v) is 6.65. The Hall–Kier alpha value is -1.14. The Bertz CT molecular complexity index is 365. The molecule has 1 heterocycles. The van der Waals surface area contributed by atoms with Crippen LogP contribution < -0.4 is 0 Å². The molecule has 6 nitrogen and oxygen atoms in total. The number of carbonyl (C=O) groups is 2. The normalized spacial score (nSPS) is 19.1. The molecule has 1 aliphatic rings. The van der Waals surface area contributed by atoms with Crippen LogP contribution in [0.2, 0.25) is 0 Å². The lowest BCUT2D eigenvalue weighted by Crippen LogP contribution is -2.46. The highest BCUT2D eigenvalue weighted by Crippen LogP contribution is 2.28. The minimum absolute atomic E-state index is 0.261. The first kappa shape index (κ1) is 17.9. The van der Waals surface area contributed by atoms with Crippen LogP contribution in [-0.2, 0) is 14.3 Å². The van der Waals surface area contributed by atoms with Crippen LogP contribution in [0.15, 0.2) is 0 Å². The zero-order chi connectivity index (χ0) is 16.0. The second-order valence-electron chi connectivity index (χ2n) is 6.65. The molecule has 1 N–H and O–H groups in total. The fourth-order valence-electron chi connectivity index (χ4n) is 2.66. The van der Waals surface area contributed by atoms with Crippen molar-refractivity contribution in [3.05, 3.63) is 0 Å². The van der Waals surface area contributed by atoms with Gasteiger partial charge in [0.05, 0.1) is 6.61 Å². The smallest absolute Gasteiger partial charge is 0.316 e. The number of hydrogen-bond acceptors (Lipinski definition) is 4. The first-order chi connectivity index (χ1) is 9.77. The molecule has 6 heteroatoms. The van der Waals surface area contributed by atoms with Gasteiger partial charge in [0, 0.05) is 33.3 Å². The number of aliphatic carboxylic acids is 1. The predicted octanol–water partition coefficient (Wildman–Crippen LogP) is 0.914. The standard InChI is InChI=1S/C15H28N2O4/c1-15(2,3)12(14(19)20)13(18)17-7-5-6-16(8-9-17)10-11-21-4/h12H,5-11H2,1-4H3,(H,19,20). The van der Waals surface area contributed by atoms with Gasteiger partial charge in [-0.15, -0.1) is 0 Å². The Morgan fingerprint density at radius 2 is 1.86 bits per heavy atom. The number of amides is 1. The highest BCUT2D eigenvalue weighted by molar-refractivity contribution is 5.97. The first-order valence-corrected chi connectivity index (χ1v) is 7.50. The largest absolute Gasteiger partial charge is 0.481 e. The van der Waals surface area contributed by atoms with Crippen LogP contribution in [0.3, 0.4) is 0 Å². The van der Waals surface area contributed by atoms with Crippen molar-refractivity contribution in [2.45, 2.75) is 27.2 Å². The van der Waals surface area contributed by atoms with Crippen LogP contribution in [0.1, 0.15) is 27.2 Å². The number of nitrogens with zero attached hydrogens (tertiary/aromatic N) is 2. The van der Waals surface area contributed by atoms with Gasteiger partial charge < -0.3 is 14.7 Å². The van der Waals surface area contributed by atoms with Crippen LogP contribution >= 0.6 is 0 Å². The third-order valence-electron chi connectivity index (χ3n) is 3.87. The Morgan fingerprint density at radius 3 is 2.38 bits per heavy atom. The highest BCUT2D eigenvalue weighted by Gasteiger charge is 2.40. The van der Waals surface area contributed by atoms with E-state index in [1.165, 1.54) is 0 Å². The summed E-state index contributed by atoms with van der Waals surface area (Å²) in [6.07, 6.45) is 0.867. The summed E-state index contributed by atoms with van der Waals surface area (Å²) in [5.41, 5.74) is -0.578. The molecule has 1 amide bonds. The highest BCUT2D eigenvalue weighted by atomic mass is 16.5. The topological polar surface area (TPSA) is 70.1 Å². The molecule has 0 bridgehead atoms. The van der Waals surface area contributed by atoms with Gasteiger partial charge >= 0.3 is 5.97 Å². The van der Waals surface area contributed by atoms with Crippen LogP contribution in [0.5, 0.6) is 0 Å². The van der Waals surface area contributed by atoms with E-state index in [9.17, 15) is 14.7 Å². The second kappa shape index (κ2) is 7.75. The fourth-order valence-corrected chi connectivity index (χ4v) is 2.66. The van der Waals surface area contributed by atoms with E-state index in [-0.39, 0.29) is 5.91 Å². The third-order valence-corrected chi connectivity index (χ3v) is 3.87. The molecule has 0 aliphatic carbocycles. The number of rotatable bonds is 5. The lowest BCUT2D eigenvalue weighted by atomic mass is 9.80. The fraction of sp³-hybridized carbons (Fsp3) is 0.867. The predicted molar refractivity (Wildman–Crippen MR) is 80.1 cm³/mol. The Balaban J connectivity index is 2.68. The Morgan fingerprint density at radius 1 is 1.19 bits per heavy atom. The van der Waals surface area contributed by atoms with Crippen LogP contribution in [0, 0.1) is 11.3 Å². The SMILES string of the molecule is COCCN1CCCN(C(=O)C(C(=O)O)C(C)(C)C)CC1. The summed E-state index contributed by atoms with van der Waals surface area (Å²) < 4.78 is 5.07. The maximum Gasteiger partial charge on any atom is 0.316 e.